The topological polar surface area (TPSA) is 66.1 Å². The predicted molar refractivity (Wildman–Crippen MR) is 76.7 cm³/mol. The number of aromatic amines is 1. The van der Waals surface area contributed by atoms with E-state index in [0.29, 0.717) is 13.0 Å². The van der Waals surface area contributed by atoms with Gasteiger partial charge in [-0.2, -0.15) is 4.31 Å². The largest absolute Gasteiger partial charge is 0.347 e. The minimum Gasteiger partial charge on any atom is -0.347 e. The Hall–Kier alpha value is -1.44. The summed E-state index contributed by atoms with van der Waals surface area (Å²) in [6.45, 7) is 0.565. The number of hydrogen-bond donors (Lipinski definition) is 1. The van der Waals surface area contributed by atoms with Gasteiger partial charge in [-0.25, -0.2) is 17.8 Å². The van der Waals surface area contributed by atoms with E-state index in [9.17, 15) is 12.8 Å². The molecule has 0 amide bonds. The van der Waals surface area contributed by atoms with Gasteiger partial charge >= 0.3 is 0 Å². The van der Waals surface area contributed by atoms with Crippen LogP contribution < -0.4 is 0 Å². The quantitative estimate of drug-likeness (QED) is 0.937. The standard InChI is InChI=1S/C13H13ClFN3O2S/c14-10-2-1-3-11(15)9(10)7-21(19,20)18-5-4-12-13(6-18)17-8-16-12/h1-3,8H,4-7H2,(H,16,17). The number of halogens is 2. The minimum absolute atomic E-state index is 0.00887. The van der Waals surface area contributed by atoms with Crippen molar-refractivity contribution in [2.45, 2.75) is 18.7 Å². The summed E-state index contributed by atoms with van der Waals surface area (Å²) in [5.41, 5.74) is 1.67. The van der Waals surface area contributed by atoms with Gasteiger partial charge in [-0.05, 0) is 12.1 Å². The van der Waals surface area contributed by atoms with Gasteiger partial charge in [0.25, 0.3) is 0 Å². The Morgan fingerprint density at radius 1 is 1.43 bits per heavy atom. The molecular formula is C13H13ClFN3O2S. The van der Waals surface area contributed by atoms with E-state index < -0.39 is 21.6 Å². The van der Waals surface area contributed by atoms with Crippen LogP contribution in [-0.2, 0) is 28.7 Å². The van der Waals surface area contributed by atoms with E-state index in [1.54, 1.807) is 6.33 Å². The van der Waals surface area contributed by atoms with Gasteiger partial charge in [0.05, 0.1) is 30.0 Å². The molecule has 0 radical (unpaired) electrons. The van der Waals surface area contributed by atoms with Crippen molar-refractivity contribution in [2.24, 2.45) is 0 Å². The average molecular weight is 330 g/mol. The van der Waals surface area contributed by atoms with Crippen LogP contribution in [0.4, 0.5) is 4.39 Å². The molecule has 1 aromatic carbocycles. The zero-order valence-electron chi connectivity index (χ0n) is 11.0. The number of benzene rings is 1. The number of H-pyrrole nitrogens is 1. The van der Waals surface area contributed by atoms with Crippen LogP contribution in [-0.4, -0.2) is 29.2 Å². The van der Waals surface area contributed by atoms with E-state index in [1.165, 1.54) is 22.5 Å². The van der Waals surface area contributed by atoms with Gasteiger partial charge in [0.1, 0.15) is 5.82 Å². The van der Waals surface area contributed by atoms with Crippen molar-refractivity contribution < 1.29 is 12.8 Å². The number of nitrogens with zero attached hydrogens (tertiary/aromatic N) is 2. The molecule has 0 spiro atoms. The number of aromatic nitrogens is 2. The Labute approximate surface area is 126 Å². The summed E-state index contributed by atoms with van der Waals surface area (Å²) in [6, 6.07) is 4.14. The molecule has 112 valence electrons. The van der Waals surface area contributed by atoms with Crippen LogP contribution in [0.2, 0.25) is 5.02 Å². The summed E-state index contributed by atoms with van der Waals surface area (Å²) in [5.74, 6) is -1.05. The molecule has 0 saturated carbocycles. The smallest absolute Gasteiger partial charge is 0.218 e. The lowest BCUT2D eigenvalue weighted by Crippen LogP contribution is -2.37. The molecule has 1 aliphatic heterocycles. The molecule has 5 nitrogen and oxygen atoms in total. The van der Waals surface area contributed by atoms with E-state index in [0.717, 1.165) is 11.4 Å². The molecule has 21 heavy (non-hydrogen) atoms. The lowest BCUT2D eigenvalue weighted by molar-refractivity contribution is 0.384. The lowest BCUT2D eigenvalue weighted by Gasteiger charge is -2.25. The summed E-state index contributed by atoms with van der Waals surface area (Å²) < 4.78 is 40.0. The van der Waals surface area contributed by atoms with Gasteiger partial charge in [-0.15, -0.1) is 0 Å². The fraction of sp³-hybridized carbons (Fsp3) is 0.308. The number of imidazole rings is 1. The van der Waals surface area contributed by atoms with E-state index >= 15 is 0 Å². The van der Waals surface area contributed by atoms with Gasteiger partial charge in [-0.1, -0.05) is 17.7 Å². The van der Waals surface area contributed by atoms with Crippen molar-refractivity contribution in [3.05, 3.63) is 52.3 Å². The first kappa shape index (κ1) is 14.5. The first-order valence-electron chi connectivity index (χ1n) is 6.39. The fourth-order valence-electron chi connectivity index (χ4n) is 2.37. The molecule has 8 heteroatoms. The molecule has 1 N–H and O–H groups in total. The van der Waals surface area contributed by atoms with Crippen molar-refractivity contribution in [3.8, 4) is 0 Å². The normalized spacial score (nSPS) is 15.9. The van der Waals surface area contributed by atoms with Gasteiger partial charge in [-0.3, -0.25) is 0 Å². The Bertz CT molecular complexity index is 755. The molecule has 0 bridgehead atoms. The second kappa shape index (κ2) is 5.40. The molecule has 0 aliphatic carbocycles. The van der Waals surface area contributed by atoms with Crippen LogP contribution in [0.3, 0.4) is 0 Å². The van der Waals surface area contributed by atoms with Crippen LogP contribution >= 0.6 is 11.6 Å². The molecule has 2 aromatic rings. The Kier molecular flexibility index (Phi) is 3.73. The van der Waals surface area contributed by atoms with Crippen molar-refractivity contribution in [2.75, 3.05) is 6.54 Å². The van der Waals surface area contributed by atoms with Crippen molar-refractivity contribution in [1.82, 2.24) is 14.3 Å². The lowest BCUT2D eigenvalue weighted by atomic mass is 10.2. The highest BCUT2D eigenvalue weighted by molar-refractivity contribution is 7.88. The fourth-order valence-corrected chi connectivity index (χ4v) is 4.21. The molecule has 0 atom stereocenters. The third-order valence-corrected chi connectivity index (χ3v) is 5.63. The summed E-state index contributed by atoms with van der Waals surface area (Å²) in [5, 5.41) is 0.123. The second-order valence-electron chi connectivity index (χ2n) is 4.87. The maximum atomic E-state index is 13.8. The molecule has 1 aliphatic rings. The maximum Gasteiger partial charge on any atom is 0.218 e. The molecule has 3 rings (SSSR count). The highest BCUT2D eigenvalue weighted by Crippen LogP contribution is 2.25. The Morgan fingerprint density at radius 3 is 3.00 bits per heavy atom. The first-order chi connectivity index (χ1) is 9.97. The molecule has 0 fully saturated rings. The third-order valence-electron chi connectivity index (χ3n) is 3.52. The van der Waals surface area contributed by atoms with Gasteiger partial charge in [0.15, 0.2) is 0 Å². The number of sulfonamides is 1. The zero-order chi connectivity index (χ0) is 15.0. The van der Waals surface area contributed by atoms with Crippen LogP contribution in [0, 0.1) is 5.82 Å². The van der Waals surface area contributed by atoms with E-state index in [1.807, 2.05) is 0 Å². The van der Waals surface area contributed by atoms with E-state index in [2.05, 4.69) is 9.97 Å². The summed E-state index contributed by atoms with van der Waals surface area (Å²) in [7, 11) is -3.64. The monoisotopic (exact) mass is 329 g/mol. The molecular weight excluding hydrogens is 317 g/mol. The summed E-state index contributed by atoms with van der Waals surface area (Å²) in [6.07, 6.45) is 2.09. The number of fused-ring (bicyclic) bond motifs is 1. The van der Waals surface area contributed by atoms with E-state index in [-0.39, 0.29) is 17.1 Å². The van der Waals surface area contributed by atoms with Gasteiger partial charge in [0.2, 0.25) is 10.0 Å². The second-order valence-corrected chi connectivity index (χ2v) is 7.24. The Morgan fingerprint density at radius 2 is 2.24 bits per heavy atom. The van der Waals surface area contributed by atoms with Gasteiger partial charge in [0, 0.05) is 23.6 Å². The van der Waals surface area contributed by atoms with Crippen LogP contribution in [0.15, 0.2) is 24.5 Å². The predicted octanol–water partition coefficient (Wildman–Crippen LogP) is 2.09. The molecule has 2 heterocycles. The van der Waals surface area contributed by atoms with Crippen molar-refractivity contribution in [3.63, 3.8) is 0 Å². The van der Waals surface area contributed by atoms with Gasteiger partial charge < -0.3 is 4.98 Å². The van der Waals surface area contributed by atoms with Crippen LogP contribution in [0.1, 0.15) is 17.0 Å². The van der Waals surface area contributed by atoms with Crippen LogP contribution in [0.5, 0.6) is 0 Å². The van der Waals surface area contributed by atoms with Crippen LogP contribution in [0.25, 0.3) is 0 Å². The Balaban J connectivity index is 1.85. The number of rotatable bonds is 3. The van der Waals surface area contributed by atoms with Crippen molar-refractivity contribution >= 4 is 21.6 Å². The molecule has 1 aromatic heterocycles. The highest BCUT2D eigenvalue weighted by atomic mass is 35.5. The average Bonchev–Trinajstić information content (AvgIpc) is 2.90. The van der Waals surface area contributed by atoms with Crippen molar-refractivity contribution in [1.29, 1.82) is 0 Å². The molecule has 0 saturated heterocycles. The minimum atomic E-state index is -3.64. The maximum absolute atomic E-state index is 13.8. The molecule has 0 unspecified atom stereocenters. The highest BCUT2D eigenvalue weighted by Gasteiger charge is 2.29. The zero-order valence-corrected chi connectivity index (χ0v) is 12.6. The first-order valence-corrected chi connectivity index (χ1v) is 8.38. The summed E-state index contributed by atoms with van der Waals surface area (Å²) in [4.78, 5) is 7.06. The third kappa shape index (κ3) is 2.81. The number of hydrogen-bond acceptors (Lipinski definition) is 3. The SMILES string of the molecule is O=S(=O)(Cc1c(F)cccc1Cl)N1CCc2nc[nH]c2C1. The summed E-state index contributed by atoms with van der Waals surface area (Å²) >= 11 is 5.90. The van der Waals surface area contributed by atoms with E-state index in [4.69, 9.17) is 11.6 Å². The number of nitrogens with one attached hydrogen (secondary N) is 1.